The van der Waals surface area contributed by atoms with Gasteiger partial charge in [0.15, 0.2) is 0 Å². The third-order valence-electron chi connectivity index (χ3n) is 0.927. The Balaban J connectivity index is 4.04. The van der Waals surface area contributed by atoms with Crippen molar-refractivity contribution in [3.63, 3.8) is 0 Å². The van der Waals surface area contributed by atoms with E-state index in [4.69, 9.17) is 27.7 Å². The van der Waals surface area contributed by atoms with Gasteiger partial charge in [0.05, 0.1) is 12.0 Å². The molecule has 0 N–H and O–H groups in total. The molecule has 0 saturated carbocycles. The van der Waals surface area contributed by atoms with Crippen molar-refractivity contribution in [2.24, 2.45) is 0 Å². The normalized spacial score (nSPS) is 18.5. The van der Waals surface area contributed by atoms with E-state index in [2.05, 4.69) is 9.05 Å². The molecule has 7 heteroatoms. The van der Waals surface area contributed by atoms with E-state index in [9.17, 15) is 4.57 Å². The molecule has 0 aromatic heterocycles. The molecule has 0 aliphatic rings. The van der Waals surface area contributed by atoms with E-state index in [0.717, 1.165) is 11.8 Å². The number of rotatable bonds is 6. The molecular formula is C6H11Cl2O4P. The lowest BCUT2D eigenvalue weighted by molar-refractivity contribution is 0.166. The Morgan fingerprint density at radius 1 is 1.62 bits per heavy atom. The third kappa shape index (κ3) is 6.36. The van der Waals surface area contributed by atoms with E-state index in [-0.39, 0.29) is 12.0 Å². The van der Waals surface area contributed by atoms with Crippen molar-refractivity contribution in [1.82, 2.24) is 0 Å². The molecule has 0 amide bonds. The molecule has 0 saturated heterocycles. The van der Waals surface area contributed by atoms with Gasteiger partial charge < -0.3 is 4.52 Å². The molecule has 2 unspecified atom stereocenters. The maximum atomic E-state index is 11.4. The van der Waals surface area contributed by atoms with Crippen molar-refractivity contribution in [2.75, 3.05) is 13.7 Å². The van der Waals surface area contributed by atoms with Crippen LogP contribution in [0.5, 0.6) is 0 Å². The van der Waals surface area contributed by atoms with E-state index in [0.29, 0.717) is 0 Å². The van der Waals surface area contributed by atoms with Crippen LogP contribution >= 0.6 is 31.0 Å². The van der Waals surface area contributed by atoms with Crippen LogP contribution in [-0.2, 0) is 18.1 Å². The predicted molar refractivity (Wildman–Crippen MR) is 52.0 cm³/mol. The molecule has 0 rings (SSSR count). The Labute approximate surface area is 87.4 Å². The zero-order valence-electron chi connectivity index (χ0n) is 7.28. The van der Waals surface area contributed by atoms with Crippen molar-refractivity contribution in [3.8, 4) is 0 Å². The predicted octanol–water partition coefficient (Wildman–Crippen LogP) is 3.11. The van der Waals surface area contributed by atoms with Crippen LogP contribution in [0.3, 0.4) is 0 Å². The minimum atomic E-state index is -3.53. The summed E-state index contributed by atoms with van der Waals surface area (Å²) in [5.74, 6) is 0. The standard InChI is InChI=1S/C6H11Cl2O4P/c1-6(8)5-12-13(9,10-2)11-4-3-7/h3-4,6H,5H2,1-2H3/b4-3+. The molecule has 0 bridgehead atoms. The highest BCUT2D eigenvalue weighted by molar-refractivity contribution is 7.48. The highest BCUT2D eigenvalue weighted by Crippen LogP contribution is 2.49. The summed E-state index contributed by atoms with van der Waals surface area (Å²) < 4.78 is 25.4. The molecule has 0 fully saturated rings. The van der Waals surface area contributed by atoms with Gasteiger partial charge >= 0.3 is 7.82 Å². The summed E-state index contributed by atoms with van der Waals surface area (Å²) in [4.78, 5) is 0. The van der Waals surface area contributed by atoms with Gasteiger partial charge in [-0.1, -0.05) is 11.6 Å². The van der Waals surface area contributed by atoms with Crippen molar-refractivity contribution < 1.29 is 18.1 Å². The first-order valence-electron chi connectivity index (χ1n) is 3.42. The number of hydrogen-bond donors (Lipinski definition) is 0. The van der Waals surface area contributed by atoms with Gasteiger partial charge in [0.2, 0.25) is 0 Å². The van der Waals surface area contributed by atoms with E-state index in [1.807, 2.05) is 0 Å². The molecule has 0 aromatic carbocycles. The van der Waals surface area contributed by atoms with E-state index in [1.54, 1.807) is 6.92 Å². The monoisotopic (exact) mass is 248 g/mol. The van der Waals surface area contributed by atoms with Crippen LogP contribution in [0.1, 0.15) is 6.92 Å². The number of phosphoric acid groups is 1. The van der Waals surface area contributed by atoms with Gasteiger partial charge in [0.1, 0.15) is 6.26 Å². The van der Waals surface area contributed by atoms with Gasteiger partial charge in [0, 0.05) is 12.6 Å². The average molecular weight is 249 g/mol. The largest absolute Gasteiger partial charge is 0.529 e. The second kappa shape index (κ2) is 6.68. The van der Waals surface area contributed by atoms with Crippen LogP contribution < -0.4 is 0 Å². The first-order valence-corrected chi connectivity index (χ1v) is 5.75. The van der Waals surface area contributed by atoms with Crippen molar-refractivity contribution in [3.05, 3.63) is 11.8 Å². The molecule has 2 atom stereocenters. The van der Waals surface area contributed by atoms with Gasteiger partial charge in [-0.25, -0.2) is 4.57 Å². The molecule has 78 valence electrons. The topological polar surface area (TPSA) is 44.8 Å². The lowest BCUT2D eigenvalue weighted by Crippen LogP contribution is -2.04. The average Bonchev–Trinajstić information content (AvgIpc) is 2.11. The first-order chi connectivity index (χ1) is 6.04. The van der Waals surface area contributed by atoms with Crippen LogP contribution in [-0.4, -0.2) is 19.1 Å². The van der Waals surface area contributed by atoms with Crippen LogP contribution in [0, 0.1) is 0 Å². The van der Waals surface area contributed by atoms with Crippen LogP contribution in [0.25, 0.3) is 0 Å². The second-order valence-corrected chi connectivity index (χ2v) is 4.80. The molecule has 0 aliphatic heterocycles. The summed E-state index contributed by atoms with van der Waals surface area (Å²) in [5.41, 5.74) is 1.05. The Hall–Kier alpha value is 0.270. The van der Waals surface area contributed by atoms with Gasteiger partial charge in [0.25, 0.3) is 0 Å². The molecule has 13 heavy (non-hydrogen) atoms. The molecule has 0 spiro atoms. The minimum absolute atomic E-state index is 0.0722. The summed E-state index contributed by atoms with van der Waals surface area (Å²) in [6, 6.07) is 0. The first kappa shape index (κ1) is 13.3. The van der Waals surface area contributed by atoms with Crippen LogP contribution in [0.15, 0.2) is 11.8 Å². The molecule has 0 heterocycles. The molecule has 0 aromatic rings. The molecule has 0 aliphatic carbocycles. The molecular weight excluding hydrogens is 238 g/mol. The van der Waals surface area contributed by atoms with Crippen molar-refractivity contribution in [2.45, 2.75) is 12.3 Å². The van der Waals surface area contributed by atoms with Gasteiger partial charge in [-0.2, -0.15) is 0 Å². The zero-order chi connectivity index (χ0) is 10.3. The summed E-state index contributed by atoms with van der Waals surface area (Å²) >= 11 is 10.7. The quantitative estimate of drug-likeness (QED) is 0.412. The number of phosphoric ester groups is 1. The number of alkyl halides is 1. The van der Waals surface area contributed by atoms with Crippen molar-refractivity contribution >= 4 is 31.0 Å². The fourth-order valence-corrected chi connectivity index (χ4v) is 1.56. The van der Waals surface area contributed by atoms with Gasteiger partial charge in [-0.3, -0.25) is 9.05 Å². The summed E-state index contributed by atoms with van der Waals surface area (Å²) in [7, 11) is -2.32. The zero-order valence-corrected chi connectivity index (χ0v) is 9.68. The highest BCUT2D eigenvalue weighted by atomic mass is 35.5. The number of halogens is 2. The number of hydrogen-bond acceptors (Lipinski definition) is 4. The SMILES string of the molecule is COP(=O)(O/C=C/Cl)OCC(C)Cl. The van der Waals surface area contributed by atoms with Gasteiger partial charge in [-0.05, 0) is 6.92 Å². The summed E-state index contributed by atoms with van der Waals surface area (Å²) in [5, 5.41) is -0.271. The fraction of sp³-hybridized carbons (Fsp3) is 0.667. The minimum Gasteiger partial charge on any atom is -0.411 e. The third-order valence-corrected chi connectivity index (χ3v) is 2.45. The molecule has 0 radical (unpaired) electrons. The van der Waals surface area contributed by atoms with Crippen molar-refractivity contribution in [1.29, 1.82) is 0 Å². The second-order valence-electron chi connectivity index (χ2n) is 2.07. The van der Waals surface area contributed by atoms with E-state index < -0.39 is 7.82 Å². The van der Waals surface area contributed by atoms with Crippen LogP contribution in [0.4, 0.5) is 0 Å². The lowest BCUT2D eigenvalue weighted by atomic mass is 10.5. The maximum absolute atomic E-state index is 11.4. The lowest BCUT2D eigenvalue weighted by Gasteiger charge is -2.14. The Bertz CT molecular complexity index is 207. The summed E-state index contributed by atoms with van der Waals surface area (Å²) in [6.07, 6.45) is 1.02. The Morgan fingerprint density at radius 2 is 2.23 bits per heavy atom. The Morgan fingerprint density at radius 3 is 2.62 bits per heavy atom. The van der Waals surface area contributed by atoms with Crippen LogP contribution in [0.2, 0.25) is 0 Å². The smallest absolute Gasteiger partial charge is 0.411 e. The Kier molecular flexibility index (Phi) is 6.82. The summed E-state index contributed by atoms with van der Waals surface area (Å²) in [6.45, 7) is 1.77. The molecule has 4 nitrogen and oxygen atoms in total. The van der Waals surface area contributed by atoms with Gasteiger partial charge in [-0.15, -0.1) is 11.6 Å². The maximum Gasteiger partial charge on any atom is 0.529 e. The fourth-order valence-electron chi connectivity index (χ4n) is 0.418. The van der Waals surface area contributed by atoms with E-state index >= 15 is 0 Å². The van der Waals surface area contributed by atoms with E-state index in [1.165, 1.54) is 7.11 Å². The highest BCUT2D eigenvalue weighted by Gasteiger charge is 2.25.